The summed E-state index contributed by atoms with van der Waals surface area (Å²) in [7, 11) is 0. The van der Waals surface area contributed by atoms with Crippen molar-refractivity contribution in [1.29, 1.82) is 0 Å². The Morgan fingerprint density at radius 3 is 2.48 bits per heavy atom. The minimum Gasteiger partial charge on any atom is -0.312 e. The zero-order valence-electron chi connectivity index (χ0n) is 13.3. The maximum absolute atomic E-state index is 4.20. The number of nitrogens with zero attached hydrogens (tertiary/aromatic N) is 1. The minimum absolute atomic E-state index is 0.610. The van der Waals surface area contributed by atoms with Crippen LogP contribution in [0.3, 0.4) is 0 Å². The Kier molecular flexibility index (Phi) is 5.88. The van der Waals surface area contributed by atoms with Gasteiger partial charge in [0.2, 0.25) is 0 Å². The fourth-order valence-corrected chi connectivity index (χ4v) is 3.00. The highest BCUT2D eigenvalue weighted by atomic mass is 32.2. The zero-order chi connectivity index (χ0) is 15.2. The highest BCUT2D eigenvalue weighted by Crippen LogP contribution is 2.27. The van der Waals surface area contributed by atoms with Gasteiger partial charge in [0.25, 0.3) is 0 Å². The lowest BCUT2D eigenvalue weighted by Gasteiger charge is -2.09. The predicted molar refractivity (Wildman–Crippen MR) is 91.6 cm³/mol. The van der Waals surface area contributed by atoms with E-state index in [1.54, 1.807) is 0 Å². The van der Waals surface area contributed by atoms with Crippen LogP contribution in [0.5, 0.6) is 0 Å². The van der Waals surface area contributed by atoms with E-state index in [1.807, 2.05) is 18.0 Å². The van der Waals surface area contributed by atoms with Crippen molar-refractivity contribution < 1.29 is 0 Å². The van der Waals surface area contributed by atoms with Gasteiger partial charge in [0.05, 0.1) is 11.9 Å². The van der Waals surface area contributed by atoms with Gasteiger partial charge in [-0.05, 0) is 30.2 Å². The van der Waals surface area contributed by atoms with Gasteiger partial charge in [-0.1, -0.05) is 39.8 Å². The van der Waals surface area contributed by atoms with E-state index in [-0.39, 0.29) is 0 Å². The fourth-order valence-electron chi connectivity index (χ4n) is 2.16. The SMILES string of the molecule is CC(C)CNCc1cn[nH]c1-c1ccc(SC(C)C)cc1. The molecule has 1 aromatic carbocycles. The molecule has 0 aliphatic rings. The molecule has 2 rings (SSSR count). The quantitative estimate of drug-likeness (QED) is 0.748. The Balaban J connectivity index is 2.06. The molecule has 0 saturated heterocycles. The summed E-state index contributed by atoms with van der Waals surface area (Å²) in [5.74, 6) is 0.660. The number of benzene rings is 1. The molecule has 21 heavy (non-hydrogen) atoms. The maximum atomic E-state index is 4.20. The Hall–Kier alpha value is -1.26. The third-order valence-corrected chi connectivity index (χ3v) is 4.12. The molecule has 4 heteroatoms. The first-order chi connectivity index (χ1) is 10.1. The molecular weight excluding hydrogens is 278 g/mol. The van der Waals surface area contributed by atoms with E-state index in [9.17, 15) is 0 Å². The molecule has 0 unspecified atom stereocenters. The van der Waals surface area contributed by atoms with Gasteiger partial charge in [0, 0.05) is 22.3 Å². The second-order valence-corrected chi connectivity index (χ2v) is 7.64. The van der Waals surface area contributed by atoms with Crippen molar-refractivity contribution in [2.75, 3.05) is 6.54 Å². The van der Waals surface area contributed by atoms with E-state index in [4.69, 9.17) is 0 Å². The monoisotopic (exact) mass is 303 g/mol. The van der Waals surface area contributed by atoms with Crippen LogP contribution in [0.4, 0.5) is 0 Å². The van der Waals surface area contributed by atoms with Crippen molar-refractivity contribution in [2.24, 2.45) is 5.92 Å². The van der Waals surface area contributed by atoms with Gasteiger partial charge in [0.15, 0.2) is 0 Å². The standard InChI is InChI=1S/C17H25N3S/c1-12(2)9-18-10-15-11-19-20-17(15)14-5-7-16(8-6-14)21-13(3)4/h5-8,11-13,18H,9-10H2,1-4H3,(H,19,20). The van der Waals surface area contributed by atoms with Crippen LogP contribution in [0.15, 0.2) is 35.4 Å². The van der Waals surface area contributed by atoms with Gasteiger partial charge in [-0.25, -0.2) is 0 Å². The van der Waals surface area contributed by atoms with Gasteiger partial charge in [-0.3, -0.25) is 5.10 Å². The number of hydrogen-bond donors (Lipinski definition) is 2. The van der Waals surface area contributed by atoms with Crippen LogP contribution >= 0.6 is 11.8 Å². The van der Waals surface area contributed by atoms with Crippen molar-refractivity contribution >= 4 is 11.8 Å². The van der Waals surface area contributed by atoms with E-state index >= 15 is 0 Å². The molecule has 0 bridgehead atoms. The molecule has 0 aliphatic carbocycles. The summed E-state index contributed by atoms with van der Waals surface area (Å²) in [6.45, 7) is 10.7. The van der Waals surface area contributed by atoms with Crippen LogP contribution in [0.1, 0.15) is 33.3 Å². The van der Waals surface area contributed by atoms with Crippen molar-refractivity contribution in [1.82, 2.24) is 15.5 Å². The lowest BCUT2D eigenvalue weighted by molar-refractivity contribution is 0.553. The first kappa shape index (κ1) is 16.1. The molecule has 0 atom stereocenters. The first-order valence-corrected chi connectivity index (χ1v) is 8.44. The number of aromatic nitrogens is 2. The van der Waals surface area contributed by atoms with Crippen LogP contribution in [-0.2, 0) is 6.54 Å². The number of rotatable bonds is 7. The van der Waals surface area contributed by atoms with E-state index in [1.165, 1.54) is 16.0 Å². The van der Waals surface area contributed by atoms with Gasteiger partial charge >= 0.3 is 0 Å². The molecule has 3 nitrogen and oxygen atoms in total. The Labute approximate surface area is 131 Å². The summed E-state index contributed by atoms with van der Waals surface area (Å²) in [5, 5.41) is 11.4. The number of aromatic amines is 1. The zero-order valence-corrected chi connectivity index (χ0v) is 14.1. The molecular formula is C17H25N3S. The summed E-state index contributed by atoms with van der Waals surface area (Å²) in [5.41, 5.74) is 3.54. The van der Waals surface area contributed by atoms with Crippen molar-refractivity contribution in [3.05, 3.63) is 36.0 Å². The van der Waals surface area contributed by atoms with Gasteiger partial charge in [0.1, 0.15) is 0 Å². The largest absolute Gasteiger partial charge is 0.312 e. The molecule has 2 N–H and O–H groups in total. The molecule has 1 aromatic heterocycles. The average Bonchev–Trinajstić information content (AvgIpc) is 2.87. The van der Waals surface area contributed by atoms with Crippen molar-refractivity contribution in [3.63, 3.8) is 0 Å². The molecule has 114 valence electrons. The fraction of sp³-hybridized carbons (Fsp3) is 0.471. The number of hydrogen-bond acceptors (Lipinski definition) is 3. The number of nitrogens with one attached hydrogen (secondary N) is 2. The molecule has 1 heterocycles. The smallest absolute Gasteiger partial charge is 0.0695 e. The summed E-state index contributed by atoms with van der Waals surface area (Å²) < 4.78 is 0. The predicted octanol–water partition coefficient (Wildman–Crippen LogP) is 4.32. The van der Waals surface area contributed by atoms with Gasteiger partial charge in [-0.15, -0.1) is 11.8 Å². The topological polar surface area (TPSA) is 40.7 Å². The van der Waals surface area contributed by atoms with Gasteiger partial charge in [-0.2, -0.15) is 5.10 Å². The molecule has 0 fully saturated rings. The highest BCUT2D eigenvalue weighted by Gasteiger charge is 2.08. The molecule has 0 radical (unpaired) electrons. The first-order valence-electron chi connectivity index (χ1n) is 7.56. The van der Waals surface area contributed by atoms with E-state index in [0.717, 1.165) is 18.8 Å². The number of thioether (sulfide) groups is 1. The molecule has 0 saturated carbocycles. The highest BCUT2D eigenvalue weighted by molar-refractivity contribution is 7.99. The molecule has 0 spiro atoms. The lowest BCUT2D eigenvalue weighted by atomic mass is 10.1. The third kappa shape index (κ3) is 4.90. The second kappa shape index (κ2) is 7.66. The minimum atomic E-state index is 0.610. The lowest BCUT2D eigenvalue weighted by Crippen LogP contribution is -2.19. The van der Waals surface area contributed by atoms with Crippen LogP contribution < -0.4 is 5.32 Å². The summed E-state index contributed by atoms with van der Waals surface area (Å²) in [6.07, 6.45) is 1.92. The van der Waals surface area contributed by atoms with Crippen LogP contribution in [0.2, 0.25) is 0 Å². The van der Waals surface area contributed by atoms with Crippen molar-refractivity contribution in [2.45, 2.75) is 44.4 Å². The molecule has 0 aliphatic heterocycles. The van der Waals surface area contributed by atoms with Gasteiger partial charge < -0.3 is 5.32 Å². The average molecular weight is 303 g/mol. The van der Waals surface area contributed by atoms with E-state index in [2.05, 4.69) is 67.5 Å². The summed E-state index contributed by atoms with van der Waals surface area (Å²) >= 11 is 1.89. The Morgan fingerprint density at radius 1 is 1.14 bits per heavy atom. The van der Waals surface area contributed by atoms with Crippen LogP contribution in [-0.4, -0.2) is 22.0 Å². The van der Waals surface area contributed by atoms with E-state index < -0.39 is 0 Å². The Bertz CT molecular complexity index is 543. The Morgan fingerprint density at radius 2 is 1.86 bits per heavy atom. The maximum Gasteiger partial charge on any atom is 0.0695 e. The van der Waals surface area contributed by atoms with Crippen molar-refractivity contribution in [3.8, 4) is 11.3 Å². The number of H-pyrrole nitrogens is 1. The summed E-state index contributed by atoms with van der Waals surface area (Å²) in [6, 6.07) is 8.71. The molecule has 2 aromatic rings. The van der Waals surface area contributed by atoms with Crippen LogP contribution in [0.25, 0.3) is 11.3 Å². The van der Waals surface area contributed by atoms with Crippen LogP contribution in [0, 0.1) is 5.92 Å². The third-order valence-electron chi connectivity index (χ3n) is 3.10. The molecule has 0 amide bonds. The normalized spacial score (nSPS) is 11.5. The van der Waals surface area contributed by atoms with E-state index in [0.29, 0.717) is 11.2 Å². The summed E-state index contributed by atoms with van der Waals surface area (Å²) in [4.78, 5) is 1.31. The second-order valence-electron chi connectivity index (χ2n) is 5.99.